The molecular formula is C24H28N4O4S. The molecule has 1 aromatic heterocycles. The number of imidazole rings is 1. The number of sulfonamides is 1. The number of carbonyl (C=O) groups excluding carboxylic acids is 1. The molecule has 0 radical (unpaired) electrons. The molecule has 2 aromatic rings. The average molecular weight is 469 g/mol. The van der Waals surface area contributed by atoms with E-state index < -0.39 is 10.0 Å². The second-order valence-corrected chi connectivity index (χ2v) is 10.5. The molecule has 0 atom stereocenters. The molecule has 1 aliphatic carbocycles. The molecule has 1 aromatic carbocycles. The summed E-state index contributed by atoms with van der Waals surface area (Å²) in [6.45, 7) is 1.68. The highest BCUT2D eigenvalue weighted by Gasteiger charge is 2.24. The van der Waals surface area contributed by atoms with Crippen LogP contribution in [0.3, 0.4) is 0 Å². The fourth-order valence-corrected chi connectivity index (χ4v) is 5.75. The summed E-state index contributed by atoms with van der Waals surface area (Å²) in [6, 6.07) is 7.82. The van der Waals surface area contributed by atoms with Crippen molar-refractivity contribution in [2.24, 2.45) is 0 Å². The third kappa shape index (κ3) is 5.77. The van der Waals surface area contributed by atoms with E-state index in [1.807, 2.05) is 24.3 Å². The van der Waals surface area contributed by atoms with Gasteiger partial charge in [0.1, 0.15) is 11.8 Å². The van der Waals surface area contributed by atoms with Gasteiger partial charge < -0.3 is 9.72 Å². The summed E-state index contributed by atoms with van der Waals surface area (Å²) < 4.78 is 32.2. The summed E-state index contributed by atoms with van der Waals surface area (Å²) >= 11 is 0. The summed E-state index contributed by atoms with van der Waals surface area (Å²) in [5, 5.41) is 8.97. The molecule has 1 saturated heterocycles. The highest BCUT2D eigenvalue weighted by Crippen LogP contribution is 2.31. The highest BCUT2D eigenvalue weighted by atomic mass is 32.2. The number of morpholine rings is 1. The Morgan fingerprint density at radius 1 is 1.24 bits per heavy atom. The summed E-state index contributed by atoms with van der Waals surface area (Å²) in [5.41, 5.74) is 4.30. The Morgan fingerprint density at radius 3 is 2.76 bits per heavy atom. The zero-order valence-corrected chi connectivity index (χ0v) is 19.4. The van der Waals surface area contributed by atoms with Crippen LogP contribution in [0.1, 0.15) is 58.7 Å². The molecule has 0 bridgehead atoms. The number of carbonyl (C=O) groups is 1. The van der Waals surface area contributed by atoms with Gasteiger partial charge in [-0.1, -0.05) is 24.3 Å². The number of ketones is 1. The monoisotopic (exact) mass is 468 g/mol. The zero-order valence-electron chi connectivity index (χ0n) is 18.5. The quantitative estimate of drug-likeness (QED) is 0.596. The van der Waals surface area contributed by atoms with Gasteiger partial charge in [0, 0.05) is 19.5 Å². The number of rotatable bonds is 8. The van der Waals surface area contributed by atoms with Gasteiger partial charge in [0.15, 0.2) is 5.82 Å². The molecule has 4 rings (SSSR count). The van der Waals surface area contributed by atoms with E-state index in [0.717, 1.165) is 42.4 Å². The van der Waals surface area contributed by atoms with Crippen molar-refractivity contribution < 1.29 is 17.9 Å². The molecule has 0 spiro atoms. The molecule has 33 heavy (non-hydrogen) atoms. The average Bonchev–Trinajstić information content (AvgIpc) is 3.34. The maximum atomic E-state index is 12.8. The van der Waals surface area contributed by atoms with Crippen LogP contribution in [0, 0.1) is 11.3 Å². The van der Waals surface area contributed by atoms with Gasteiger partial charge in [-0.3, -0.25) is 4.79 Å². The van der Waals surface area contributed by atoms with Crippen molar-refractivity contribution in [2.75, 3.05) is 32.1 Å². The van der Waals surface area contributed by atoms with Gasteiger partial charge >= 0.3 is 0 Å². The third-order valence-corrected chi connectivity index (χ3v) is 8.01. The fraction of sp³-hybridized carbons (Fsp3) is 0.458. The molecule has 9 heteroatoms. The number of nitriles is 1. The standard InChI is InChI=1S/C24H28N4O4S/c25-16-21-17-26-24(27-21)23(29)15-20-7-6-18(14-22(20)19-4-2-1-3-5-19)8-13-33(30,31)28-9-11-32-12-10-28/h4,6-7,14,17H,1-3,5,8-13,15H2,(H,26,27). The van der Waals surface area contributed by atoms with Crippen LogP contribution in [-0.4, -0.2) is 60.5 Å². The molecule has 2 heterocycles. The minimum atomic E-state index is -3.34. The van der Waals surface area contributed by atoms with Crippen molar-refractivity contribution in [1.29, 1.82) is 5.26 Å². The minimum absolute atomic E-state index is 0.0487. The second-order valence-electron chi connectivity index (χ2n) is 8.40. The molecule has 8 nitrogen and oxygen atoms in total. The molecule has 1 N–H and O–H groups in total. The van der Waals surface area contributed by atoms with Crippen LogP contribution in [0.4, 0.5) is 0 Å². The van der Waals surface area contributed by atoms with Gasteiger partial charge in [0.25, 0.3) is 0 Å². The van der Waals surface area contributed by atoms with Crippen LogP contribution < -0.4 is 0 Å². The highest BCUT2D eigenvalue weighted by molar-refractivity contribution is 7.89. The van der Waals surface area contributed by atoms with Gasteiger partial charge in [0.05, 0.1) is 25.2 Å². The van der Waals surface area contributed by atoms with E-state index in [2.05, 4.69) is 16.0 Å². The number of aromatic nitrogens is 2. The minimum Gasteiger partial charge on any atom is -0.379 e. The second kappa shape index (κ2) is 10.4. The van der Waals surface area contributed by atoms with E-state index in [4.69, 9.17) is 10.00 Å². The van der Waals surface area contributed by atoms with E-state index in [0.29, 0.717) is 32.7 Å². The molecule has 0 unspecified atom stereocenters. The number of ether oxygens (including phenoxy) is 1. The number of allylic oxidation sites excluding steroid dienone is 2. The molecule has 174 valence electrons. The van der Waals surface area contributed by atoms with Gasteiger partial charge in [-0.2, -0.15) is 9.57 Å². The number of nitrogens with one attached hydrogen (secondary N) is 1. The van der Waals surface area contributed by atoms with E-state index in [1.54, 1.807) is 0 Å². The number of H-pyrrole nitrogens is 1. The Hall–Kier alpha value is -2.80. The van der Waals surface area contributed by atoms with Gasteiger partial charge in [-0.25, -0.2) is 13.4 Å². The Balaban J connectivity index is 1.54. The number of Topliss-reactive ketones (excluding diaryl/α,β-unsaturated/α-hetero) is 1. The molecule has 0 saturated carbocycles. The summed E-state index contributed by atoms with van der Waals surface area (Å²) in [5.74, 6) is 0.0419. The maximum Gasteiger partial charge on any atom is 0.214 e. The first-order valence-electron chi connectivity index (χ1n) is 11.3. The van der Waals surface area contributed by atoms with Crippen molar-refractivity contribution in [3.8, 4) is 6.07 Å². The first-order valence-corrected chi connectivity index (χ1v) is 12.9. The molecular weight excluding hydrogens is 440 g/mol. The number of benzene rings is 1. The van der Waals surface area contributed by atoms with Crippen LogP contribution in [-0.2, 0) is 27.6 Å². The van der Waals surface area contributed by atoms with E-state index >= 15 is 0 Å². The smallest absolute Gasteiger partial charge is 0.214 e. The Morgan fingerprint density at radius 2 is 2.06 bits per heavy atom. The van der Waals surface area contributed by atoms with Crippen molar-refractivity contribution in [3.05, 3.63) is 58.7 Å². The lowest BCUT2D eigenvalue weighted by Gasteiger charge is -2.26. The summed E-state index contributed by atoms with van der Waals surface area (Å²) in [7, 11) is -3.34. The Bertz CT molecular complexity index is 1190. The maximum absolute atomic E-state index is 12.8. The van der Waals surface area contributed by atoms with Gasteiger partial charge in [0.2, 0.25) is 15.8 Å². The number of hydrogen-bond donors (Lipinski definition) is 1. The number of aryl methyl sites for hydroxylation is 1. The van der Waals surface area contributed by atoms with Crippen molar-refractivity contribution in [3.63, 3.8) is 0 Å². The van der Waals surface area contributed by atoms with E-state index in [-0.39, 0.29) is 29.5 Å². The molecule has 2 aliphatic rings. The zero-order chi connectivity index (χ0) is 23.3. The van der Waals surface area contributed by atoms with Crippen molar-refractivity contribution >= 4 is 21.4 Å². The van der Waals surface area contributed by atoms with Crippen LogP contribution in [0.25, 0.3) is 5.57 Å². The summed E-state index contributed by atoms with van der Waals surface area (Å²) in [6.07, 6.45) is 8.35. The van der Waals surface area contributed by atoms with Crippen LogP contribution in [0.5, 0.6) is 0 Å². The lowest BCUT2D eigenvalue weighted by atomic mass is 9.88. The largest absolute Gasteiger partial charge is 0.379 e. The topological polar surface area (TPSA) is 116 Å². The van der Waals surface area contributed by atoms with E-state index in [9.17, 15) is 13.2 Å². The predicted octanol–water partition coefficient (Wildman–Crippen LogP) is 2.87. The number of hydrogen-bond acceptors (Lipinski definition) is 6. The SMILES string of the molecule is N#Cc1cnc(C(=O)Cc2ccc(CCS(=O)(=O)N3CCOCC3)cc2C2=CCCCC2)[nH]1. The molecule has 1 aliphatic heterocycles. The van der Waals surface area contributed by atoms with Crippen LogP contribution in [0.2, 0.25) is 0 Å². The number of nitrogens with zero attached hydrogens (tertiary/aromatic N) is 3. The van der Waals surface area contributed by atoms with Gasteiger partial charge in [-0.15, -0.1) is 0 Å². The normalized spacial score (nSPS) is 17.4. The molecule has 1 fully saturated rings. The van der Waals surface area contributed by atoms with Crippen molar-refractivity contribution in [1.82, 2.24) is 14.3 Å². The van der Waals surface area contributed by atoms with Crippen LogP contribution >= 0.6 is 0 Å². The first-order chi connectivity index (χ1) is 16.0. The first kappa shape index (κ1) is 23.4. The number of aromatic amines is 1. The predicted molar refractivity (Wildman–Crippen MR) is 124 cm³/mol. The fourth-order valence-electron chi connectivity index (χ4n) is 4.29. The Labute approximate surface area is 194 Å². The third-order valence-electron chi connectivity index (χ3n) is 6.13. The van der Waals surface area contributed by atoms with Gasteiger partial charge in [-0.05, 0) is 54.4 Å². The van der Waals surface area contributed by atoms with E-state index in [1.165, 1.54) is 16.1 Å². The lowest BCUT2D eigenvalue weighted by molar-refractivity contribution is 0.0730. The van der Waals surface area contributed by atoms with Crippen molar-refractivity contribution in [2.45, 2.75) is 38.5 Å². The molecule has 0 amide bonds. The Kier molecular flexibility index (Phi) is 7.38. The summed E-state index contributed by atoms with van der Waals surface area (Å²) in [4.78, 5) is 19.5. The lowest BCUT2D eigenvalue weighted by Crippen LogP contribution is -2.42. The van der Waals surface area contributed by atoms with Crippen LogP contribution in [0.15, 0.2) is 30.5 Å².